The molecule has 0 aromatic heterocycles. The van der Waals surface area contributed by atoms with Gasteiger partial charge in [0.1, 0.15) is 5.75 Å². The van der Waals surface area contributed by atoms with Gasteiger partial charge in [0.25, 0.3) is 0 Å². The zero-order valence-corrected chi connectivity index (χ0v) is 17.3. The predicted molar refractivity (Wildman–Crippen MR) is 111 cm³/mol. The maximum Gasteiger partial charge on any atom is 0.225 e. The number of rotatable bonds is 6. The quantitative estimate of drug-likeness (QED) is 0.815. The van der Waals surface area contributed by atoms with E-state index in [1.165, 1.54) is 0 Å². The number of hydrogen-bond acceptors (Lipinski definition) is 4. The number of anilines is 1. The Morgan fingerprint density at radius 3 is 2.75 bits per heavy atom. The van der Waals surface area contributed by atoms with E-state index in [4.69, 9.17) is 4.74 Å². The highest BCUT2D eigenvalue weighted by Crippen LogP contribution is 2.30. The van der Waals surface area contributed by atoms with Crippen molar-refractivity contribution in [3.05, 3.63) is 24.3 Å². The summed E-state index contributed by atoms with van der Waals surface area (Å²) in [6.07, 6.45) is 3.52. The van der Waals surface area contributed by atoms with Crippen molar-refractivity contribution in [3.8, 4) is 5.75 Å². The Hall–Kier alpha value is -2.24. The summed E-state index contributed by atoms with van der Waals surface area (Å²) in [6, 6.07) is 8.13. The van der Waals surface area contributed by atoms with E-state index in [0.29, 0.717) is 6.54 Å². The third-order valence-corrected chi connectivity index (χ3v) is 6.10. The normalized spacial score (nSPS) is 23.4. The van der Waals surface area contributed by atoms with Crippen molar-refractivity contribution in [1.82, 2.24) is 10.2 Å². The molecule has 6 heteroatoms. The number of carbonyl (C=O) groups is 2. The first-order valence-electron chi connectivity index (χ1n) is 10.5. The van der Waals surface area contributed by atoms with Gasteiger partial charge in [-0.25, -0.2) is 0 Å². The van der Waals surface area contributed by atoms with Gasteiger partial charge in [0.15, 0.2) is 0 Å². The van der Waals surface area contributed by atoms with E-state index in [2.05, 4.69) is 16.3 Å². The molecule has 2 aliphatic rings. The molecule has 2 aliphatic heterocycles. The number of ether oxygens (including phenoxy) is 1. The summed E-state index contributed by atoms with van der Waals surface area (Å²) in [5.41, 5.74) is 1.07. The molecule has 0 radical (unpaired) electrons. The number of methoxy groups -OCH3 is 1. The number of hydrogen-bond donors (Lipinski definition) is 1. The zero-order chi connectivity index (χ0) is 20.1. The minimum atomic E-state index is -0.0953. The molecule has 0 bridgehead atoms. The van der Waals surface area contributed by atoms with Crippen LogP contribution in [-0.4, -0.2) is 56.0 Å². The highest BCUT2D eigenvalue weighted by atomic mass is 16.5. The Bertz CT molecular complexity index is 693. The molecule has 1 N–H and O–H groups in total. The van der Waals surface area contributed by atoms with Crippen molar-refractivity contribution in [2.75, 3.05) is 38.2 Å². The fraction of sp³-hybridized carbons (Fsp3) is 0.636. The third-order valence-electron chi connectivity index (χ3n) is 6.10. The van der Waals surface area contributed by atoms with Gasteiger partial charge in [0.2, 0.25) is 11.8 Å². The molecule has 0 aliphatic carbocycles. The minimum absolute atomic E-state index is 0.0334. The summed E-state index contributed by atoms with van der Waals surface area (Å²) in [5.74, 6) is 1.07. The Kier molecular flexibility index (Phi) is 6.81. The van der Waals surface area contributed by atoms with Crippen LogP contribution in [-0.2, 0) is 9.59 Å². The Labute approximate surface area is 168 Å². The lowest BCUT2D eigenvalue weighted by Crippen LogP contribution is -2.49. The zero-order valence-electron chi connectivity index (χ0n) is 17.3. The van der Waals surface area contributed by atoms with Crippen LogP contribution in [0.2, 0.25) is 0 Å². The van der Waals surface area contributed by atoms with Crippen molar-refractivity contribution in [1.29, 1.82) is 0 Å². The van der Waals surface area contributed by atoms with Crippen molar-refractivity contribution < 1.29 is 14.3 Å². The van der Waals surface area contributed by atoms with Crippen molar-refractivity contribution in [2.24, 2.45) is 11.8 Å². The van der Waals surface area contributed by atoms with Crippen LogP contribution < -0.4 is 15.0 Å². The summed E-state index contributed by atoms with van der Waals surface area (Å²) in [5, 5.41) is 3.23. The lowest BCUT2D eigenvalue weighted by Gasteiger charge is -2.34. The Morgan fingerprint density at radius 1 is 1.21 bits per heavy atom. The molecule has 3 unspecified atom stereocenters. The maximum absolute atomic E-state index is 12.8. The van der Waals surface area contributed by atoms with Crippen LogP contribution >= 0.6 is 0 Å². The maximum atomic E-state index is 12.8. The Morgan fingerprint density at radius 2 is 2.00 bits per heavy atom. The lowest BCUT2D eigenvalue weighted by atomic mass is 9.95. The smallest absolute Gasteiger partial charge is 0.225 e. The van der Waals surface area contributed by atoms with Gasteiger partial charge >= 0.3 is 0 Å². The average molecular weight is 388 g/mol. The van der Waals surface area contributed by atoms with Crippen LogP contribution in [0, 0.1) is 11.8 Å². The summed E-state index contributed by atoms with van der Waals surface area (Å²) < 4.78 is 5.47. The molecule has 0 saturated carbocycles. The van der Waals surface area contributed by atoms with Gasteiger partial charge in [-0.1, -0.05) is 26.0 Å². The predicted octanol–water partition coefficient (Wildman–Crippen LogP) is 2.67. The highest BCUT2D eigenvalue weighted by molar-refractivity contribution is 5.82. The van der Waals surface area contributed by atoms with Crippen molar-refractivity contribution in [2.45, 2.75) is 45.6 Å². The standard InChI is InChI=1S/C22H33N3O3/c1-4-16(2)22(27)25-12-7-8-17(14-25)21(26)23-18-11-13-24(15-18)19-9-5-6-10-20(19)28-3/h5-6,9-10,16-18H,4,7-8,11-15H2,1-3H3,(H,23,26). The number of nitrogens with zero attached hydrogens (tertiary/aromatic N) is 2. The Balaban J connectivity index is 1.54. The van der Waals surface area contributed by atoms with E-state index in [1.54, 1.807) is 7.11 Å². The van der Waals surface area contributed by atoms with Crippen molar-refractivity contribution in [3.63, 3.8) is 0 Å². The molecule has 2 saturated heterocycles. The van der Waals surface area contributed by atoms with Crippen LogP contribution in [0.4, 0.5) is 5.69 Å². The third kappa shape index (κ3) is 4.59. The number of para-hydroxylation sites is 2. The lowest BCUT2D eigenvalue weighted by molar-refractivity contribution is -0.139. The van der Waals surface area contributed by atoms with Crippen molar-refractivity contribution >= 4 is 17.5 Å². The van der Waals surface area contributed by atoms with Gasteiger partial charge in [-0.2, -0.15) is 0 Å². The number of likely N-dealkylation sites (tertiary alicyclic amines) is 1. The van der Waals surface area contributed by atoms with Gasteiger partial charge in [-0.05, 0) is 37.8 Å². The number of benzene rings is 1. The van der Waals surface area contributed by atoms with E-state index in [1.807, 2.05) is 36.9 Å². The molecule has 2 heterocycles. The highest BCUT2D eigenvalue weighted by Gasteiger charge is 2.32. The second kappa shape index (κ2) is 9.30. The number of amides is 2. The second-order valence-corrected chi connectivity index (χ2v) is 8.04. The van der Waals surface area contributed by atoms with E-state index in [0.717, 1.165) is 56.8 Å². The fourth-order valence-electron chi connectivity index (χ4n) is 4.18. The molecule has 0 spiro atoms. The first-order valence-corrected chi connectivity index (χ1v) is 10.5. The minimum Gasteiger partial charge on any atom is -0.495 e. The van der Waals surface area contributed by atoms with E-state index < -0.39 is 0 Å². The van der Waals surface area contributed by atoms with Gasteiger partial charge in [0, 0.05) is 38.1 Å². The average Bonchev–Trinajstić information content (AvgIpc) is 3.20. The summed E-state index contributed by atoms with van der Waals surface area (Å²) in [7, 11) is 1.68. The number of piperidine rings is 1. The van der Waals surface area contributed by atoms with Gasteiger partial charge in [-0.3, -0.25) is 9.59 Å². The molecular weight excluding hydrogens is 354 g/mol. The molecule has 2 fully saturated rings. The van der Waals surface area contributed by atoms with Crippen LogP contribution in [0.1, 0.15) is 39.5 Å². The first-order chi connectivity index (χ1) is 13.5. The summed E-state index contributed by atoms with van der Waals surface area (Å²) in [4.78, 5) is 29.5. The molecule has 6 nitrogen and oxygen atoms in total. The second-order valence-electron chi connectivity index (χ2n) is 8.04. The van der Waals surface area contributed by atoms with E-state index >= 15 is 0 Å². The number of nitrogens with one attached hydrogen (secondary N) is 1. The van der Waals surface area contributed by atoms with Crippen LogP contribution in [0.5, 0.6) is 5.75 Å². The fourth-order valence-corrected chi connectivity index (χ4v) is 4.18. The number of carbonyl (C=O) groups excluding carboxylic acids is 2. The van der Waals surface area contributed by atoms with Gasteiger partial charge in [0.05, 0.1) is 18.7 Å². The van der Waals surface area contributed by atoms with Crippen LogP contribution in [0.15, 0.2) is 24.3 Å². The largest absolute Gasteiger partial charge is 0.495 e. The first kappa shape index (κ1) is 20.5. The summed E-state index contributed by atoms with van der Waals surface area (Å²) in [6.45, 7) is 7.01. The SMILES string of the molecule is CCC(C)C(=O)N1CCCC(C(=O)NC2CCN(c3ccccc3OC)C2)C1. The topological polar surface area (TPSA) is 61.9 Å². The van der Waals surface area contributed by atoms with E-state index in [-0.39, 0.29) is 29.7 Å². The molecule has 1 aromatic carbocycles. The summed E-state index contributed by atoms with van der Waals surface area (Å²) >= 11 is 0. The van der Waals surface area contributed by atoms with Crippen LogP contribution in [0.25, 0.3) is 0 Å². The van der Waals surface area contributed by atoms with Crippen LogP contribution in [0.3, 0.4) is 0 Å². The van der Waals surface area contributed by atoms with Gasteiger partial charge in [-0.15, -0.1) is 0 Å². The molecule has 1 aromatic rings. The molecule has 3 atom stereocenters. The van der Waals surface area contributed by atoms with E-state index in [9.17, 15) is 9.59 Å². The molecule has 2 amide bonds. The monoisotopic (exact) mass is 387 g/mol. The molecule has 3 rings (SSSR count). The van der Waals surface area contributed by atoms with Gasteiger partial charge < -0.3 is 19.9 Å². The molecule has 154 valence electrons. The molecule has 28 heavy (non-hydrogen) atoms. The molecular formula is C22H33N3O3.